The number of hydrogen-bond donors (Lipinski definition) is 4. The molecule has 4 N–H and O–H groups in total. The molecule has 1 atom stereocenters. The molecule has 23 heteroatoms. The van der Waals surface area contributed by atoms with Crippen LogP contribution in [0.25, 0.3) is 0 Å². The lowest BCUT2D eigenvalue weighted by molar-refractivity contribution is -0.196. The fourth-order valence-corrected chi connectivity index (χ4v) is 10.6. The molecule has 0 heterocycles. The van der Waals surface area contributed by atoms with Gasteiger partial charge in [-0.25, -0.2) is 9.79 Å². The zero-order valence-electron chi connectivity index (χ0n) is 23.2. The van der Waals surface area contributed by atoms with E-state index < -0.39 is 16.9 Å². The summed E-state index contributed by atoms with van der Waals surface area (Å²) in [6, 6.07) is 0. The SMILES string of the molecule is O=C(NCSCCSCN=CS(=O)CSCSC(=O)NCSCCSCN=COOCSCSCO)OCSCSCO. The van der Waals surface area contributed by atoms with Crippen molar-refractivity contribution >= 4 is 152 Å². The Bertz CT molecular complexity index is 751. The van der Waals surface area contributed by atoms with Gasteiger partial charge in [-0.15, -0.1) is 106 Å². The van der Waals surface area contributed by atoms with E-state index in [0.29, 0.717) is 44.7 Å². The second kappa shape index (κ2) is 37.9. The summed E-state index contributed by atoms with van der Waals surface area (Å²) in [5, 5.41) is 25.0. The Balaban J connectivity index is 3.43. The molecule has 12 nitrogen and oxygen atoms in total. The molecule has 0 aliphatic rings. The summed E-state index contributed by atoms with van der Waals surface area (Å²) in [5.74, 6) is 6.32. The van der Waals surface area contributed by atoms with Crippen molar-refractivity contribution in [1.82, 2.24) is 10.6 Å². The van der Waals surface area contributed by atoms with Gasteiger partial charge in [0.05, 0.1) is 56.8 Å². The average Bonchev–Trinajstić information content (AvgIpc) is 3.00. The van der Waals surface area contributed by atoms with E-state index in [1.807, 2.05) is 0 Å². The topological polar surface area (TPSA) is 168 Å². The molecule has 0 fully saturated rings. The first-order valence-corrected chi connectivity index (χ1v) is 24.7. The third-order valence-electron chi connectivity index (χ3n) is 3.48. The monoisotopic (exact) mass is 814 g/mol. The Hall–Kier alpha value is 1.41. The number of hydrogen-bond acceptors (Lipinski definition) is 20. The van der Waals surface area contributed by atoms with Gasteiger partial charge in [-0.05, 0) is 0 Å². The average molecular weight is 815 g/mol. The maximum Gasteiger partial charge on any atom is 0.408 e. The number of nitrogens with zero attached hydrogens (tertiary/aromatic N) is 2. The maximum atomic E-state index is 12.0. The molecule has 0 aliphatic carbocycles. The number of carbonyl (C=O) groups is 2. The van der Waals surface area contributed by atoms with Crippen LogP contribution in [0.15, 0.2) is 9.98 Å². The van der Waals surface area contributed by atoms with Crippen LogP contribution in [0.4, 0.5) is 9.59 Å². The highest BCUT2D eigenvalue weighted by Gasteiger charge is 2.04. The zero-order valence-corrected chi connectivity index (χ0v) is 32.2. The molecule has 0 saturated heterocycles. The van der Waals surface area contributed by atoms with Gasteiger partial charge in [0.15, 0.2) is 0 Å². The quantitative estimate of drug-likeness (QED) is 0.0185. The first-order valence-electron chi connectivity index (χ1n) is 12.0. The molecule has 252 valence electrons. The zero-order chi connectivity index (χ0) is 31.5. The second-order valence-electron chi connectivity index (χ2n) is 6.55. The Morgan fingerprint density at radius 3 is 2.07 bits per heavy atom. The van der Waals surface area contributed by atoms with Gasteiger partial charge in [0.2, 0.25) is 6.40 Å². The maximum absolute atomic E-state index is 12.0. The Morgan fingerprint density at radius 1 is 0.744 bits per heavy atom. The highest BCUT2D eigenvalue weighted by Crippen LogP contribution is 2.15. The van der Waals surface area contributed by atoms with Crippen LogP contribution < -0.4 is 10.6 Å². The van der Waals surface area contributed by atoms with Crippen molar-refractivity contribution in [3.05, 3.63) is 0 Å². The van der Waals surface area contributed by atoms with E-state index in [4.69, 9.17) is 24.7 Å². The van der Waals surface area contributed by atoms with Crippen molar-refractivity contribution in [2.24, 2.45) is 9.98 Å². The fraction of sp³-hybridized carbons (Fsp3) is 0.800. The number of aliphatic hydroxyl groups excluding tert-OH is 2. The summed E-state index contributed by atoms with van der Waals surface area (Å²) in [6.45, 7) is 0. The number of aliphatic imine (C=N–C) groups is 2. The molecule has 0 aromatic heterocycles. The largest absolute Gasteiger partial charge is 0.438 e. The third kappa shape index (κ3) is 37.7. The van der Waals surface area contributed by atoms with E-state index in [1.165, 1.54) is 70.8 Å². The first kappa shape index (κ1) is 44.4. The van der Waals surface area contributed by atoms with Crippen molar-refractivity contribution in [2.75, 3.05) is 90.6 Å². The van der Waals surface area contributed by atoms with Crippen LogP contribution in [-0.4, -0.2) is 128 Å². The van der Waals surface area contributed by atoms with Crippen molar-refractivity contribution in [3.63, 3.8) is 0 Å². The van der Waals surface area contributed by atoms with E-state index >= 15 is 0 Å². The fourth-order valence-electron chi connectivity index (χ4n) is 1.80. The summed E-state index contributed by atoms with van der Waals surface area (Å²) >= 11 is 14.7. The molecule has 0 bridgehead atoms. The van der Waals surface area contributed by atoms with Gasteiger partial charge in [0, 0.05) is 38.3 Å². The molecular formula is C20H38N4O8S11. The highest BCUT2D eigenvalue weighted by molar-refractivity contribution is 8.27. The number of amides is 2. The molecule has 43 heavy (non-hydrogen) atoms. The predicted octanol–water partition coefficient (Wildman–Crippen LogP) is 4.98. The third-order valence-corrected chi connectivity index (χ3v) is 14.4. The van der Waals surface area contributed by atoms with Crippen molar-refractivity contribution < 1.29 is 38.5 Å². The Labute approximate surface area is 298 Å². The van der Waals surface area contributed by atoms with Gasteiger partial charge < -0.3 is 30.5 Å². The summed E-state index contributed by atoms with van der Waals surface area (Å²) in [4.78, 5) is 41.3. The van der Waals surface area contributed by atoms with Crippen LogP contribution in [0.3, 0.4) is 0 Å². The van der Waals surface area contributed by atoms with Crippen LogP contribution in [0, 0.1) is 0 Å². The predicted molar refractivity (Wildman–Crippen MR) is 204 cm³/mol. The lowest BCUT2D eigenvalue weighted by atomic mass is 11.0. The van der Waals surface area contributed by atoms with Crippen LogP contribution in [0.2, 0.25) is 0 Å². The Kier molecular flexibility index (Phi) is 39.1. The lowest BCUT2D eigenvalue weighted by Crippen LogP contribution is -2.23. The lowest BCUT2D eigenvalue weighted by Gasteiger charge is -2.06. The molecule has 0 aromatic rings. The number of ether oxygens (including phenoxy) is 1. The van der Waals surface area contributed by atoms with Gasteiger partial charge >= 0.3 is 6.09 Å². The summed E-state index contributed by atoms with van der Waals surface area (Å²) < 4.78 is 17.0. The number of rotatable bonds is 31. The van der Waals surface area contributed by atoms with E-state index in [0.717, 1.165) is 39.9 Å². The van der Waals surface area contributed by atoms with E-state index in [-0.39, 0.29) is 23.1 Å². The molecule has 0 spiro atoms. The molecule has 0 saturated carbocycles. The van der Waals surface area contributed by atoms with Crippen molar-refractivity contribution in [3.8, 4) is 0 Å². The number of alkyl carbamates (subject to hydrolysis) is 1. The molecule has 0 radical (unpaired) electrons. The van der Waals surface area contributed by atoms with E-state index in [9.17, 15) is 13.8 Å². The molecule has 0 aromatic carbocycles. The normalized spacial score (nSPS) is 12.1. The summed E-state index contributed by atoms with van der Waals surface area (Å²) in [7, 11) is -1.18. The van der Waals surface area contributed by atoms with Gasteiger partial charge in [0.25, 0.3) is 5.24 Å². The standard InChI is InChI=1S/C20H38N4O8S11/c25-11-37-15-39-13-30-19(27)23-8-35-3-2-34-7-22-10-43(29)18-41-17-42-20(28)24-9-36-4-1-33-6-21-5-31-32-14-40-16-38-12-26/h5,10,25-26H,1-4,6-9,11-18H2,(H,23,27)(H,24,28). The molecule has 2 amide bonds. The number of aliphatic hydroxyl groups is 2. The molecule has 0 rings (SSSR count). The number of nitrogens with one attached hydrogen (secondary N) is 2. The van der Waals surface area contributed by atoms with Crippen LogP contribution in [-0.2, 0) is 25.3 Å². The van der Waals surface area contributed by atoms with E-state index in [2.05, 4.69) is 20.6 Å². The molecule has 1 unspecified atom stereocenters. The van der Waals surface area contributed by atoms with Crippen molar-refractivity contribution in [2.45, 2.75) is 0 Å². The minimum Gasteiger partial charge on any atom is -0.438 e. The van der Waals surface area contributed by atoms with Crippen molar-refractivity contribution in [1.29, 1.82) is 0 Å². The molecular weight excluding hydrogens is 777 g/mol. The van der Waals surface area contributed by atoms with Crippen LogP contribution in [0.5, 0.6) is 0 Å². The first-order chi connectivity index (χ1) is 21.1. The Morgan fingerprint density at radius 2 is 1.37 bits per heavy atom. The van der Waals surface area contributed by atoms with Gasteiger partial charge in [-0.3, -0.25) is 14.0 Å². The van der Waals surface area contributed by atoms with Crippen LogP contribution >= 0.6 is 118 Å². The summed E-state index contributed by atoms with van der Waals surface area (Å²) in [6.07, 6.45) is 0.818. The van der Waals surface area contributed by atoms with Crippen LogP contribution in [0.1, 0.15) is 0 Å². The van der Waals surface area contributed by atoms with Gasteiger partial charge in [-0.2, -0.15) is 4.89 Å². The highest BCUT2D eigenvalue weighted by atomic mass is 32.2. The smallest absolute Gasteiger partial charge is 0.408 e. The number of thioether (sulfide) groups is 10. The summed E-state index contributed by atoms with van der Waals surface area (Å²) in [5.41, 5.74) is 1.45. The molecule has 0 aliphatic heterocycles. The number of carbonyl (C=O) groups excluding carboxylic acids is 2. The minimum atomic E-state index is -1.18. The minimum absolute atomic E-state index is 0.0557. The van der Waals surface area contributed by atoms with Gasteiger partial charge in [0.1, 0.15) is 11.9 Å². The van der Waals surface area contributed by atoms with Gasteiger partial charge in [-0.1, -0.05) is 11.8 Å². The van der Waals surface area contributed by atoms with E-state index in [1.54, 1.807) is 47.0 Å². The second-order valence-corrected chi connectivity index (χ2v) is 19.3.